The Bertz CT molecular complexity index is 490. The van der Waals surface area contributed by atoms with Gasteiger partial charge in [-0.2, -0.15) is 0 Å². The fraction of sp³-hybridized carbons (Fsp3) is 0.286. The van der Waals surface area contributed by atoms with Gasteiger partial charge in [0.25, 0.3) is 0 Å². The Morgan fingerprint density at radius 1 is 1.29 bits per heavy atom. The van der Waals surface area contributed by atoms with Gasteiger partial charge < -0.3 is 14.9 Å². The van der Waals surface area contributed by atoms with Gasteiger partial charge in [-0.1, -0.05) is 18.2 Å². The van der Waals surface area contributed by atoms with Crippen molar-refractivity contribution < 1.29 is 9.15 Å². The van der Waals surface area contributed by atoms with E-state index in [1.54, 1.807) is 13.4 Å². The Morgan fingerprint density at radius 2 is 2.06 bits per heavy atom. The molecule has 3 nitrogen and oxygen atoms in total. The average Bonchev–Trinajstić information content (AvgIpc) is 2.76. The van der Waals surface area contributed by atoms with E-state index in [1.807, 2.05) is 37.3 Å². The molecule has 0 saturated heterocycles. The van der Waals surface area contributed by atoms with Crippen LogP contribution in [0.15, 0.2) is 41.0 Å². The molecule has 2 aromatic rings. The summed E-state index contributed by atoms with van der Waals surface area (Å²) >= 11 is 0. The van der Waals surface area contributed by atoms with Gasteiger partial charge in [0.05, 0.1) is 19.4 Å². The third-order valence-corrected chi connectivity index (χ3v) is 2.87. The van der Waals surface area contributed by atoms with Crippen molar-refractivity contribution in [2.75, 3.05) is 7.11 Å². The highest BCUT2D eigenvalue weighted by Crippen LogP contribution is 2.25. The van der Waals surface area contributed by atoms with E-state index >= 15 is 0 Å². The van der Waals surface area contributed by atoms with Crippen molar-refractivity contribution in [1.29, 1.82) is 0 Å². The van der Waals surface area contributed by atoms with Crippen LogP contribution in [0.3, 0.4) is 0 Å². The molecule has 0 aliphatic heterocycles. The maximum atomic E-state index is 6.15. The summed E-state index contributed by atoms with van der Waals surface area (Å²) < 4.78 is 10.7. The molecule has 0 fully saturated rings. The summed E-state index contributed by atoms with van der Waals surface area (Å²) in [6.45, 7) is 2.00. The smallest absolute Gasteiger partial charge is 0.123 e. The van der Waals surface area contributed by atoms with Crippen molar-refractivity contribution in [2.45, 2.75) is 19.4 Å². The summed E-state index contributed by atoms with van der Waals surface area (Å²) in [5.74, 6) is 1.71. The lowest BCUT2D eigenvalue weighted by molar-refractivity contribution is 0.404. The molecule has 0 spiro atoms. The molecule has 90 valence electrons. The first-order valence-corrected chi connectivity index (χ1v) is 5.64. The molecule has 0 radical (unpaired) electrons. The third kappa shape index (κ3) is 2.50. The van der Waals surface area contributed by atoms with Crippen LogP contribution in [0.1, 0.15) is 22.9 Å². The molecule has 1 aromatic carbocycles. The lowest BCUT2D eigenvalue weighted by atomic mass is 10.0. The monoisotopic (exact) mass is 231 g/mol. The molecule has 2 N–H and O–H groups in total. The highest BCUT2D eigenvalue weighted by Gasteiger charge is 2.14. The number of para-hydroxylation sites is 1. The lowest BCUT2D eigenvalue weighted by Crippen LogP contribution is -2.14. The Kier molecular flexibility index (Phi) is 3.49. The molecule has 0 aliphatic rings. The second-order valence-electron chi connectivity index (χ2n) is 4.09. The fourth-order valence-electron chi connectivity index (χ4n) is 1.97. The zero-order valence-corrected chi connectivity index (χ0v) is 10.1. The van der Waals surface area contributed by atoms with E-state index in [2.05, 4.69) is 0 Å². The molecule has 0 saturated carbocycles. The van der Waals surface area contributed by atoms with Crippen LogP contribution in [0, 0.1) is 6.92 Å². The van der Waals surface area contributed by atoms with Gasteiger partial charge in [-0.05, 0) is 36.6 Å². The van der Waals surface area contributed by atoms with Gasteiger partial charge in [0.2, 0.25) is 0 Å². The van der Waals surface area contributed by atoms with Crippen LogP contribution in [-0.2, 0) is 6.42 Å². The van der Waals surface area contributed by atoms with Crippen LogP contribution in [0.2, 0.25) is 0 Å². The molecule has 0 aliphatic carbocycles. The maximum Gasteiger partial charge on any atom is 0.123 e. The Labute approximate surface area is 101 Å². The second-order valence-corrected chi connectivity index (χ2v) is 4.09. The minimum atomic E-state index is -0.138. The molecule has 0 amide bonds. The zero-order chi connectivity index (χ0) is 12.3. The molecule has 2 rings (SSSR count). The molecule has 0 bridgehead atoms. The summed E-state index contributed by atoms with van der Waals surface area (Å²) in [6.07, 6.45) is 2.38. The van der Waals surface area contributed by atoms with Crippen molar-refractivity contribution in [3.63, 3.8) is 0 Å². The van der Waals surface area contributed by atoms with Gasteiger partial charge in [0, 0.05) is 0 Å². The first kappa shape index (κ1) is 11.7. The second kappa shape index (κ2) is 5.06. The first-order valence-electron chi connectivity index (χ1n) is 5.64. The molecular formula is C14H17NO2. The molecule has 1 aromatic heterocycles. The number of furan rings is 1. The van der Waals surface area contributed by atoms with Crippen molar-refractivity contribution >= 4 is 0 Å². The average molecular weight is 231 g/mol. The molecule has 1 unspecified atom stereocenters. The zero-order valence-electron chi connectivity index (χ0n) is 10.1. The molecular weight excluding hydrogens is 214 g/mol. The minimum absolute atomic E-state index is 0.138. The van der Waals surface area contributed by atoms with E-state index in [9.17, 15) is 0 Å². The predicted molar refractivity (Wildman–Crippen MR) is 67.1 cm³/mol. The van der Waals surface area contributed by atoms with Crippen LogP contribution in [0.5, 0.6) is 5.75 Å². The predicted octanol–water partition coefficient (Wildman–Crippen LogP) is 2.84. The number of aryl methyl sites for hydroxylation is 1. The largest absolute Gasteiger partial charge is 0.496 e. The number of benzene rings is 1. The summed E-state index contributed by atoms with van der Waals surface area (Å²) in [5.41, 5.74) is 8.33. The van der Waals surface area contributed by atoms with Gasteiger partial charge >= 0.3 is 0 Å². The number of nitrogens with two attached hydrogens (primary N) is 1. The topological polar surface area (TPSA) is 48.4 Å². The summed E-state index contributed by atoms with van der Waals surface area (Å²) in [5, 5.41) is 0. The number of hydrogen-bond donors (Lipinski definition) is 1. The highest BCUT2D eigenvalue weighted by molar-refractivity contribution is 5.34. The standard InChI is InChI=1S/C14H17NO2/c1-10-7-8-17-14(10)12(15)9-11-5-3-4-6-13(11)16-2/h3-8,12H,9,15H2,1-2H3. The highest BCUT2D eigenvalue weighted by atomic mass is 16.5. The van der Waals surface area contributed by atoms with Crippen molar-refractivity contribution in [3.8, 4) is 5.75 Å². The molecule has 3 heteroatoms. The van der Waals surface area contributed by atoms with Crippen LogP contribution < -0.4 is 10.5 Å². The van der Waals surface area contributed by atoms with E-state index in [1.165, 1.54) is 0 Å². The number of rotatable bonds is 4. The van der Waals surface area contributed by atoms with Gasteiger partial charge in [0.15, 0.2) is 0 Å². The van der Waals surface area contributed by atoms with Gasteiger partial charge in [-0.3, -0.25) is 0 Å². The van der Waals surface area contributed by atoms with E-state index in [4.69, 9.17) is 14.9 Å². The van der Waals surface area contributed by atoms with Crippen molar-refractivity contribution in [2.24, 2.45) is 5.73 Å². The van der Waals surface area contributed by atoms with Crippen LogP contribution in [-0.4, -0.2) is 7.11 Å². The third-order valence-electron chi connectivity index (χ3n) is 2.87. The van der Waals surface area contributed by atoms with E-state index in [0.29, 0.717) is 6.42 Å². The number of methoxy groups -OCH3 is 1. The number of ether oxygens (including phenoxy) is 1. The van der Waals surface area contributed by atoms with Crippen molar-refractivity contribution in [3.05, 3.63) is 53.5 Å². The lowest BCUT2D eigenvalue weighted by Gasteiger charge is -2.13. The van der Waals surface area contributed by atoms with Crippen LogP contribution in [0.4, 0.5) is 0 Å². The van der Waals surface area contributed by atoms with Gasteiger partial charge in [-0.25, -0.2) is 0 Å². The Morgan fingerprint density at radius 3 is 2.71 bits per heavy atom. The Hall–Kier alpha value is -1.74. The minimum Gasteiger partial charge on any atom is -0.496 e. The maximum absolute atomic E-state index is 6.15. The summed E-state index contributed by atoms with van der Waals surface area (Å²) in [7, 11) is 1.67. The normalized spacial score (nSPS) is 12.4. The summed E-state index contributed by atoms with van der Waals surface area (Å²) in [4.78, 5) is 0. The summed E-state index contributed by atoms with van der Waals surface area (Å²) in [6, 6.07) is 9.69. The molecule has 1 heterocycles. The molecule has 1 atom stereocenters. The van der Waals surface area contributed by atoms with Crippen LogP contribution >= 0.6 is 0 Å². The quantitative estimate of drug-likeness (QED) is 0.880. The Balaban J connectivity index is 2.18. The first-order chi connectivity index (χ1) is 8.22. The van der Waals surface area contributed by atoms with Crippen molar-refractivity contribution in [1.82, 2.24) is 0 Å². The SMILES string of the molecule is COc1ccccc1CC(N)c1occc1C. The van der Waals surface area contributed by atoms with Gasteiger partial charge in [0.1, 0.15) is 11.5 Å². The van der Waals surface area contributed by atoms with E-state index < -0.39 is 0 Å². The van der Waals surface area contributed by atoms with E-state index in [0.717, 1.165) is 22.6 Å². The van der Waals surface area contributed by atoms with E-state index in [-0.39, 0.29) is 6.04 Å². The van der Waals surface area contributed by atoms with Crippen LogP contribution in [0.25, 0.3) is 0 Å². The fourth-order valence-corrected chi connectivity index (χ4v) is 1.97. The molecule has 17 heavy (non-hydrogen) atoms. The van der Waals surface area contributed by atoms with Gasteiger partial charge in [-0.15, -0.1) is 0 Å². The number of hydrogen-bond acceptors (Lipinski definition) is 3.